The number of nitro groups is 1. The quantitative estimate of drug-likeness (QED) is 0.389. The lowest BCUT2D eigenvalue weighted by molar-refractivity contribution is -0.383. The van der Waals surface area contributed by atoms with Gasteiger partial charge in [0.15, 0.2) is 18.1 Å². The lowest BCUT2D eigenvalue weighted by Gasteiger charge is -2.13. The number of nitro benzene ring substituents is 1. The van der Waals surface area contributed by atoms with E-state index in [0.717, 1.165) is 6.07 Å². The second-order valence-corrected chi connectivity index (χ2v) is 5.89. The first-order chi connectivity index (χ1) is 13.8. The number of esters is 1. The fourth-order valence-electron chi connectivity index (χ4n) is 2.36. The number of nitrogens with one attached hydrogen (secondary N) is 1. The summed E-state index contributed by atoms with van der Waals surface area (Å²) in [7, 11) is 4.19. The largest absolute Gasteiger partial charge is 0.493 e. The van der Waals surface area contributed by atoms with Crippen LogP contribution in [-0.2, 0) is 9.53 Å². The van der Waals surface area contributed by atoms with Crippen molar-refractivity contribution in [2.45, 2.75) is 0 Å². The van der Waals surface area contributed by atoms with Gasteiger partial charge in [-0.05, 0) is 24.3 Å². The maximum Gasteiger partial charge on any atom is 0.338 e. The van der Waals surface area contributed by atoms with Gasteiger partial charge in [-0.2, -0.15) is 0 Å². The molecule has 1 N–H and O–H groups in total. The molecule has 0 aliphatic rings. The number of benzene rings is 2. The number of ether oxygens (including phenoxy) is 4. The zero-order valence-electron chi connectivity index (χ0n) is 15.7. The molecule has 0 aromatic heterocycles. The Morgan fingerprint density at radius 2 is 1.69 bits per heavy atom. The molecule has 2 aromatic carbocycles. The molecule has 29 heavy (non-hydrogen) atoms. The minimum Gasteiger partial charge on any atom is -0.493 e. The molecule has 0 aliphatic carbocycles. The molecule has 0 radical (unpaired) electrons. The fourth-order valence-corrected chi connectivity index (χ4v) is 2.53. The molecular formula is C18H17ClN2O8. The summed E-state index contributed by atoms with van der Waals surface area (Å²) in [6.45, 7) is -0.671. The van der Waals surface area contributed by atoms with Crippen LogP contribution in [0, 0.1) is 10.1 Å². The van der Waals surface area contributed by atoms with E-state index in [9.17, 15) is 19.7 Å². The number of nitrogens with zero attached hydrogens (tertiary/aromatic N) is 1. The van der Waals surface area contributed by atoms with Gasteiger partial charge in [-0.25, -0.2) is 4.79 Å². The highest BCUT2D eigenvalue weighted by molar-refractivity contribution is 6.31. The van der Waals surface area contributed by atoms with Gasteiger partial charge in [0, 0.05) is 11.1 Å². The third kappa shape index (κ3) is 5.26. The van der Waals surface area contributed by atoms with Crippen LogP contribution in [-0.4, -0.2) is 44.7 Å². The minimum atomic E-state index is -0.829. The van der Waals surface area contributed by atoms with Crippen molar-refractivity contribution in [3.05, 3.63) is 51.0 Å². The molecule has 0 spiro atoms. The van der Waals surface area contributed by atoms with Crippen molar-refractivity contribution < 1.29 is 33.5 Å². The van der Waals surface area contributed by atoms with Crippen LogP contribution in [0.5, 0.6) is 17.2 Å². The number of carbonyl (C=O) groups is 2. The van der Waals surface area contributed by atoms with Gasteiger partial charge in [0.2, 0.25) is 5.75 Å². The second-order valence-electron chi connectivity index (χ2n) is 5.46. The number of amides is 1. The summed E-state index contributed by atoms with van der Waals surface area (Å²) in [5, 5.41) is 13.5. The summed E-state index contributed by atoms with van der Waals surface area (Å²) in [5.74, 6) is -0.833. The van der Waals surface area contributed by atoms with Crippen LogP contribution >= 0.6 is 11.6 Å². The molecule has 2 rings (SSSR count). The molecule has 10 nitrogen and oxygen atoms in total. The summed E-state index contributed by atoms with van der Waals surface area (Å²) in [6, 6.07) is 6.49. The Hall–Kier alpha value is -3.53. The average molecular weight is 425 g/mol. The highest BCUT2D eigenvalue weighted by Gasteiger charge is 2.20. The average Bonchev–Trinajstić information content (AvgIpc) is 2.71. The van der Waals surface area contributed by atoms with Crippen molar-refractivity contribution in [3.63, 3.8) is 0 Å². The van der Waals surface area contributed by atoms with Gasteiger partial charge in [-0.3, -0.25) is 14.9 Å². The predicted octanol–water partition coefficient (Wildman–Crippen LogP) is 3.07. The van der Waals surface area contributed by atoms with Crippen LogP contribution in [0.25, 0.3) is 0 Å². The molecule has 1 amide bonds. The molecule has 154 valence electrons. The first-order valence-electron chi connectivity index (χ1n) is 8.01. The predicted molar refractivity (Wildman–Crippen MR) is 103 cm³/mol. The number of rotatable bonds is 8. The summed E-state index contributed by atoms with van der Waals surface area (Å²) >= 11 is 5.72. The third-order valence-corrected chi connectivity index (χ3v) is 3.90. The van der Waals surface area contributed by atoms with E-state index in [1.54, 1.807) is 0 Å². The van der Waals surface area contributed by atoms with Crippen LogP contribution in [0.3, 0.4) is 0 Å². The van der Waals surface area contributed by atoms with Gasteiger partial charge < -0.3 is 24.3 Å². The van der Waals surface area contributed by atoms with Crippen LogP contribution in [0.4, 0.5) is 11.4 Å². The van der Waals surface area contributed by atoms with E-state index < -0.39 is 23.4 Å². The number of carbonyl (C=O) groups excluding carboxylic acids is 2. The maximum atomic E-state index is 12.3. The SMILES string of the molecule is COc1cc(C(=O)OCC(=O)Nc2ccc(Cl)cc2[N+](=O)[O-])cc(OC)c1OC. The monoisotopic (exact) mass is 424 g/mol. The van der Waals surface area contributed by atoms with Crippen molar-refractivity contribution in [2.75, 3.05) is 33.3 Å². The minimum absolute atomic E-state index is 0.0600. The second kappa shape index (κ2) is 9.60. The van der Waals surface area contributed by atoms with Gasteiger partial charge in [-0.15, -0.1) is 0 Å². The third-order valence-electron chi connectivity index (χ3n) is 3.67. The van der Waals surface area contributed by atoms with Gasteiger partial charge >= 0.3 is 5.97 Å². The van der Waals surface area contributed by atoms with E-state index in [1.807, 2.05) is 0 Å². The van der Waals surface area contributed by atoms with Crippen molar-refractivity contribution in [3.8, 4) is 17.2 Å². The van der Waals surface area contributed by atoms with E-state index in [0.29, 0.717) is 5.75 Å². The van der Waals surface area contributed by atoms with Gasteiger partial charge in [-0.1, -0.05) is 11.6 Å². The first kappa shape index (κ1) is 21.8. The topological polar surface area (TPSA) is 126 Å². The summed E-state index contributed by atoms with van der Waals surface area (Å²) in [4.78, 5) is 34.7. The molecule has 0 bridgehead atoms. The summed E-state index contributed by atoms with van der Waals surface area (Å²) in [5.41, 5.74) is -0.403. The zero-order chi connectivity index (χ0) is 21.6. The Morgan fingerprint density at radius 1 is 1.07 bits per heavy atom. The van der Waals surface area contributed by atoms with Crippen LogP contribution < -0.4 is 19.5 Å². The Labute approximate surface area is 170 Å². The summed E-state index contributed by atoms with van der Waals surface area (Å²) in [6.07, 6.45) is 0. The lowest BCUT2D eigenvalue weighted by atomic mass is 10.2. The normalized spacial score (nSPS) is 10.1. The molecule has 0 aliphatic heterocycles. The van der Waals surface area contributed by atoms with Crippen LogP contribution in [0.1, 0.15) is 10.4 Å². The van der Waals surface area contributed by atoms with Gasteiger partial charge in [0.1, 0.15) is 5.69 Å². The highest BCUT2D eigenvalue weighted by atomic mass is 35.5. The van der Waals surface area contributed by atoms with E-state index in [-0.39, 0.29) is 33.5 Å². The van der Waals surface area contributed by atoms with E-state index in [4.69, 9.17) is 30.5 Å². The maximum absolute atomic E-state index is 12.3. The summed E-state index contributed by atoms with van der Waals surface area (Å²) < 4.78 is 20.4. The Morgan fingerprint density at radius 3 is 2.21 bits per heavy atom. The Kier molecular flexibility index (Phi) is 7.21. The number of hydrogen-bond donors (Lipinski definition) is 1. The molecule has 0 saturated heterocycles. The first-order valence-corrected chi connectivity index (χ1v) is 8.39. The van der Waals surface area contributed by atoms with Crippen LogP contribution in [0.15, 0.2) is 30.3 Å². The molecular weight excluding hydrogens is 408 g/mol. The molecule has 0 atom stereocenters. The standard InChI is InChI=1S/C18H17ClN2O8/c1-26-14-6-10(7-15(27-2)17(14)28-3)18(23)29-9-16(22)20-12-5-4-11(19)8-13(12)21(24)25/h4-8H,9H2,1-3H3,(H,20,22). The lowest BCUT2D eigenvalue weighted by Crippen LogP contribution is -2.21. The smallest absolute Gasteiger partial charge is 0.338 e. The molecule has 2 aromatic rings. The van der Waals surface area contributed by atoms with E-state index >= 15 is 0 Å². The zero-order valence-corrected chi connectivity index (χ0v) is 16.4. The van der Waals surface area contributed by atoms with E-state index in [1.165, 1.54) is 45.6 Å². The number of halogens is 1. The number of anilines is 1. The van der Waals surface area contributed by atoms with Crippen molar-refractivity contribution in [1.82, 2.24) is 0 Å². The molecule has 0 saturated carbocycles. The number of hydrogen-bond acceptors (Lipinski definition) is 8. The number of methoxy groups -OCH3 is 3. The van der Waals surface area contributed by atoms with Gasteiger partial charge in [0.05, 0.1) is 31.8 Å². The Bertz CT molecular complexity index is 922. The van der Waals surface area contributed by atoms with Crippen molar-refractivity contribution in [2.24, 2.45) is 0 Å². The molecule has 0 heterocycles. The highest BCUT2D eigenvalue weighted by Crippen LogP contribution is 2.38. The fraction of sp³-hybridized carbons (Fsp3) is 0.222. The van der Waals surface area contributed by atoms with Crippen molar-refractivity contribution >= 4 is 34.9 Å². The molecule has 0 unspecified atom stereocenters. The van der Waals surface area contributed by atoms with Gasteiger partial charge in [0.25, 0.3) is 11.6 Å². The van der Waals surface area contributed by atoms with Crippen molar-refractivity contribution in [1.29, 1.82) is 0 Å². The Balaban J connectivity index is 2.10. The molecule has 11 heteroatoms. The van der Waals surface area contributed by atoms with E-state index in [2.05, 4.69) is 5.32 Å². The molecule has 0 fully saturated rings. The van der Waals surface area contributed by atoms with Crippen LogP contribution in [0.2, 0.25) is 5.02 Å².